The third-order valence-corrected chi connectivity index (χ3v) is 9.08. The highest BCUT2D eigenvalue weighted by atomic mass is 19.1. The Hall–Kier alpha value is -6.02. The van der Waals surface area contributed by atoms with E-state index in [0.29, 0.717) is 82.9 Å². The Labute approximate surface area is 291 Å². The smallest absolute Gasteiger partial charge is 0.278 e. The molecule has 0 radical (unpaired) electrons. The van der Waals surface area contributed by atoms with Gasteiger partial charge < -0.3 is 15.3 Å². The van der Waals surface area contributed by atoms with Gasteiger partial charge in [0.05, 0.1) is 28.9 Å². The second-order valence-corrected chi connectivity index (χ2v) is 13.1. The molecule has 14 heteroatoms. The van der Waals surface area contributed by atoms with Crippen LogP contribution < -0.4 is 21.3 Å². The van der Waals surface area contributed by atoms with Crippen LogP contribution in [-0.4, -0.2) is 64.7 Å². The van der Waals surface area contributed by atoms with Gasteiger partial charge in [-0.1, -0.05) is 36.4 Å². The molecule has 1 fully saturated rings. The maximum absolute atomic E-state index is 14.9. The number of aliphatic hydroxyl groups is 1. The number of hydrogen-bond acceptors (Lipinski definition) is 9. The Morgan fingerprint density at radius 1 is 1.06 bits per heavy atom. The van der Waals surface area contributed by atoms with Crippen molar-refractivity contribution >= 4 is 33.7 Å². The number of hydrogen-bond donors (Lipinski definition) is 3. The number of carbonyl (C=O) groups excluding carboxylic acids is 1. The molecule has 4 aromatic heterocycles. The minimum absolute atomic E-state index is 0.0679. The molecule has 7 rings (SSSR count). The van der Waals surface area contributed by atoms with Crippen LogP contribution in [0.25, 0.3) is 27.6 Å². The van der Waals surface area contributed by atoms with Crippen molar-refractivity contribution in [3.63, 3.8) is 0 Å². The number of anilines is 1. The van der Waals surface area contributed by atoms with Crippen LogP contribution in [0.2, 0.25) is 0 Å². The summed E-state index contributed by atoms with van der Waals surface area (Å²) in [5, 5.41) is 21.8. The number of piperidine rings is 1. The van der Waals surface area contributed by atoms with Crippen molar-refractivity contribution in [3.05, 3.63) is 129 Å². The van der Waals surface area contributed by atoms with Gasteiger partial charge in [0.1, 0.15) is 16.8 Å². The molecule has 0 atom stereocenters. The molecule has 1 aliphatic heterocycles. The number of aromatic nitrogens is 7. The van der Waals surface area contributed by atoms with E-state index in [2.05, 4.69) is 32.1 Å². The summed E-state index contributed by atoms with van der Waals surface area (Å²) in [5.41, 5.74) is 0.233. The summed E-state index contributed by atoms with van der Waals surface area (Å²) in [4.78, 5) is 54.8. The first-order valence-corrected chi connectivity index (χ1v) is 16.6. The highest BCUT2D eigenvalue weighted by molar-refractivity contribution is 5.95. The van der Waals surface area contributed by atoms with Gasteiger partial charge in [-0.15, -0.1) is 6.58 Å². The van der Waals surface area contributed by atoms with E-state index in [4.69, 9.17) is 4.98 Å². The fourth-order valence-corrected chi connectivity index (χ4v) is 6.42. The van der Waals surface area contributed by atoms with E-state index in [1.54, 1.807) is 61.0 Å². The molecule has 0 aliphatic carbocycles. The molecule has 1 amide bonds. The number of nitrogens with zero attached hydrogens (tertiary/aromatic N) is 7. The third kappa shape index (κ3) is 6.53. The Balaban J connectivity index is 1.08. The summed E-state index contributed by atoms with van der Waals surface area (Å²) in [6, 6.07) is 16.5. The number of benzene rings is 2. The first-order valence-electron chi connectivity index (χ1n) is 16.6. The average molecular weight is 690 g/mol. The maximum Gasteiger partial charge on any atom is 0.278 e. The molecule has 260 valence electrons. The Bertz CT molecular complexity index is 2420. The summed E-state index contributed by atoms with van der Waals surface area (Å²) in [5.74, 6) is -0.323. The molecule has 0 spiro atoms. The van der Waals surface area contributed by atoms with Crippen LogP contribution in [0.4, 0.5) is 10.3 Å². The van der Waals surface area contributed by atoms with Crippen LogP contribution in [0, 0.1) is 5.82 Å². The van der Waals surface area contributed by atoms with Crippen LogP contribution in [0.3, 0.4) is 0 Å². The van der Waals surface area contributed by atoms with E-state index in [0.717, 1.165) is 0 Å². The Morgan fingerprint density at radius 3 is 2.57 bits per heavy atom. The van der Waals surface area contributed by atoms with Gasteiger partial charge in [-0.3, -0.25) is 14.4 Å². The molecule has 6 aromatic rings. The molecule has 2 aromatic carbocycles. The SMILES string of the molecule is C=CCn1c(=O)c2cnc(N3CCC(NC(=O)c4cc(Cc5n[nH]c(=O)c6ccccc56)ccc4F)CC3)nc2n1-c1cccc(C(C)(C)O)n1. The highest BCUT2D eigenvalue weighted by Crippen LogP contribution is 2.24. The monoisotopic (exact) mass is 689 g/mol. The third-order valence-electron chi connectivity index (χ3n) is 9.08. The molecular weight excluding hydrogens is 653 g/mol. The van der Waals surface area contributed by atoms with Crippen LogP contribution in [0.15, 0.2) is 89.1 Å². The van der Waals surface area contributed by atoms with E-state index in [1.807, 2.05) is 17.0 Å². The van der Waals surface area contributed by atoms with Gasteiger partial charge in [-0.25, -0.2) is 28.8 Å². The zero-order valence-corrected chi connectivity index (χ0v) is 28.1. The molecule has 1 aliphatic rings. The van der Waals surface area contributed by atoms with E-state index in [9.17, 15) is 23.9 Å². The lowest BCUT2D eigenvalue weighted by Crippen LogP contribution is -2.45. The van der Waals surface area contributed by atoms with Gasteiger partial charge in [0, 0.05) is 37.1 Å². The van der Waals surface area contributed by atoms with Crippen molar-refractivity contribution < 1.29 is 14.3 Å². The Kier molecular flexibility index (Phi) is 8.77. The van der Waals surface area contributed by atoms with Crippen molar-refractivity contribution in [2.24, 2.45) is 0 Å². The summed E-state index contributed by atoms with van der Waals surface area (Å²) >= 11 is 0. The number of carbonyl (C=O) groups is 1. The summed E-state index contributed by atoms with van der Waals surface area (Å²) in [6.07, 6.45) is 4.52. The molecule has 51 heavy (non-hydrogen) atoms. The summed E-state index contributed by atoms with van der Waals surface area (Å²) < 4.78 is 18.0. The lowest BCUT2D eigenvalue weighted by atomic mass is 10.0. The van der Waals surface area contributed by atoms with Crippen molar-refractivity contribution in [3.8, 4) is 5.82 Å². The number of allylic oxidation sites excluding steroid dienone is 1. The predicted octanol–water partition coefficient (Wildman–Crippen LogP) is 3.76. The molecule has 0 bridgehead atoms. The van der Waals surface area contributed by atoms with Crippen molar-refractivity contribution in [1.29, 1.82) is 0 Å². The molecule has 5 heterocycles. The van der Waals surface area contributed by atoms with Gasteiger partial charge in [0.15, 0.2) is 11.5 Å². The molecule has 13 nitrogen and oxygen atoms in total. The Morgan fingerprint density at radius 2 is 1.82 bits per heavy atom. The second-order valence-electron chi connectivity index (χ2n) is 13.1. The van der Waals surface area contributed by atoms with Crippen LogP contribution >= 0.6 is 0 Å². The van der Waals surface area contributed by atoms with Crippen LogP contribution in [0.1, 0.15) is 54.0 Å². The number of halogens is 1. The lowest BCUT2D eigenvalue weighted by Gasteiger charge is -2.32. The largest absolute Gasteiger partial charge is 0.384 e. The zero-order valence-electron chi connectivity index (χ0n) is 28.1. The standard InChI is InChI=1S/C37H36FN9O4/c1-4-16-46-35(50)27-21-39-36(42-32(27)47(46)31-11-7-10-30(41-31)37(2,3)51)45-17-14-23(15-18-45)40-33(48)26-19-22(12-13-28(26)38)20-29-24-8-5-6-9-25(24)34(49)44-43-29/h4-13,19,21,23,51H,1,14-18,20H2,2-3H3,(H,40,48)(H,44,49). The average Bonchev–Trinajstić information content (AvgIpc) is 3.40. The minimum atomic E-state index is -1.20. The number of nitrogens with one attached hydrogen (secondary N) is 2. The number of rotatable bonds is 9. The number of pyridine rings is 1. The maximum atomic E-state index is 14.9. The molecule has 0 saturated carbocycles. The molecule has 3 N–H and O–H groups in total. The summed E-state index contributed by atoms with van der Waals surface area (Å²) in [6.45, 7) is 8.29. The van der Waals surface area contributed by atoms with Crippen LogP contribution in [-0.2, 0) is 18.6 Å². The fraction of sp³-hybridized carbons (Fsp3) is 0.270. The van der Waals surface area contributed by atoms with Crippen molar-refractivity contribution in [2.75, 3.05) is 18.0 Å². The van der Waals surface area contributed by atoms with Crippen molar-refractivity contribution in [2.45, 2.75) is 51.3 Å². The molecule has 0 unspecified atom stereocenters. The van der Waals surface area contributed by atoms with Gasteiger partial charge >= 0.3 is 0 Å². The highest BCUT2D eigenvalue weighted by Gasteiger charge is 2.26. The predicted molar refractivity (Wildman–Crippen MR) is 191 cm³/mol. The van der Waals surface area contributed by atoms with Crippen LogP contribution in [0.5, 0.6) is 0 Å². The first-order chi connectivity index (χ1) is 24.5. The summed E-state index contributed by atoms with van der Waals surface area (Å²) in [7, 11) is 0. The second kappa shape index (κ2) is 13.4. The number of H-pyrrole nitrogens is 1. The quantitative estimate of drug-likeness (QED) is 0.192. The van der Waals surface area contributed by atoms with Gasteiger partial charge in [0.25, 0.3) is 17.0 Å². The van der Waals surface area contributed by atoms with E-state index < -0.39 is 17.3 Å². The van der Waals surface area contributed by atoms with Gasteiger partial charge in [-0.05, 0) is 62.6 Å². The number of amides is 1. The normalized spacial score (nSPS) is 13.9. The van der Waals surface area contributed by atoms with E-state index in [-0.39, 0.29) is 29.3 Å². The first kappa shape index (κ1) is 33.5. The van der Waals surface area contributed by atoms with E-state index in [1.165, 1.54) is 23.0 Å². The van der Waals surface area contributed by atoms with Gasteiger partial charge in [0.2, 0.25) is 5.95 Å². The molecular formula is C37H36FN9O4. The number of aromatic amines is 1. The topological polar surface area (TPSA) is 164 Å². The fourth-order valence-electron chi connectivity index (χ4n) is 6.42. The molecule has 1 saturated heterocycles. The minimum Gasteiger partial charge on any atom is -0.384 e. The zero-order chi connectivity index (χ0) is 35.9. The van der Waals surface area contributed by atoms with Crippen molar-refractivity contribution in [1.82, 2.24) is 39.8 Å². The lowest BCUT2D eigenvalue weighted by molar-refractivity contribution is 0.0737. The number of fused-ring (bicyclic) bond motifs is 2. The van der Waals surface area contributed by atoms with Gasteiger partial charge in [-0.2, -0.15) is 10.1 Å². The van der Waals surface area contributed by atoms with E-state index >= 15 is 0 Å².